The van der Waals surface area contributed by atoms with E-state index in [1.807, 2.05) is 23.9 Å². The summed E-state index contributed by atoms with van der Waals surface area (Å²) in [5.74, 6) is 0.777. The van der Waals surface area contributed by atoms with Crippen LogP contribution in [0.25, 0.3) is 0 Å². The highest BCUT2D eigenvalue weighted by atomic mass is 16.6. The number of anilines is 1. The zero-order valence-corrected chi connectivity index (χ0v) is 12.3. The summed E-state index contributed by atoms with van der Waals surface area (Å²) in [6.07, 6.45) is 4.96. The molecule has 1 unspecified atom stereocenters. The molecule has 8 heteroatoms. The molecular weight excluding hydrogens is 286 g/mol. The van der Waals surface area contributed by atoms with Gasteiger partial charge < -0.3 is 9.64 Å². The minimum atomic E-state index is -0.427. The highest BCUT2D eigenvalue weighted by Crippen LogP contribution is 2.23. The molecule has 3 heterocycles. The Balaban J connectivity index is 1.73. The van der Waals surface area contributed by atoms with Crippen LogP contribution in [0.4, 0.5) is 11.5 Å². The van der Waals surface area contributed by atoms with Crippen LogP contribution in [0.15, 0.2) is 30.7 Å². The molecule has 0 bridgehead atoms. The molecule has 1 aliphatic heterocycles. The standard InChI is InChI=1S/C14H17N5O3/c1-11-7-12(19(20)21)8-15-14(11)17-5-6-22-13(9-17)10-18-4-2-3-16-18/h2-4,7-8,13H,5-6,9-10H2,1H3. The number of nitrogens with zero attached hydrogens (tertiary/aromatic N) is 5. The summed E-state index contributed by atoms with van der Waals surface area (Å²) in [7, 11) is 0. The lowest BCUT2D eigenvalue weighted by Crippen LogP contribution is -2.45. The number of pyridine rings is 1. The lowest BCUT2D eigenvalue weighted by atomic mass is 10.2. The van der Waals surface area contributed by atoms with Crippen molar-refractivity contribution < 1.29 is 9.66 Å². The van der Waals surface area contributed by atoms with E-state index in [2.05, 4.69) is 15.0 Å². The van der Waals surface area contributed by atoms with Crippen LogP contribution in [-0.4, -0.2) is 45.5 Å². The summed E-state index contributed by atoms with van der Waals surface area (Å²) in [6.45, 7) is 4.53. The smallest absolute Gasteiger partial charge is 0.287 e. The fourth-order valence-corrected chi connectivity index (χ4v) is 2.62. The molecule has 8 nitrogen and oxygen atoms in total. The molecule has 0 spiro atoms. The number of hydrogen-bond acceptors (Lipinski definition) is 6. The minimum absolute atomic E-state index is 0.0163. The third-order valence-electron chi connectivity index (χ3n) is 3.64. The van der Waals surface area contributed by atoms with Crippen LogP contribution in [0, 0.1) is 17.0 Å². The maximum atomic E-state index is 10.8. The number of morpholine rings is 1. The van der Waals surface area contributed by atoms with Crippen LogP contribution in [0.5, 0.6) is 0 Å². The first-order chi connectivity index (χ1) is 10.6. The van der Waals surface area contributed by atoms with Crippen LogP contribution in [0.3, 0.4) is 0 Å². The largest absolute Gasteiger partial charge is 0.373 e. The molecule has 22 heavy (non-hydrogen) atoms. The Morgan fingerprint density at radius 1 is 1.55 bits per heavy atom. The minimum Gasteiger partial charge on any atom is -0.373 e. The van der Waals surface area contributed by atoms with Crippen molar-refractivity contribution in [2.75, 3.05) is 24.6 Å². The summed E-state index contributed by atoms with van der Waals surface area (Å²) in [5.41, 5.74) is 0.816. The van der Waals surface area contributed by atoms with Crippen LogP contribution in [-0.2, 0) is 11.3 Å². The third kappa shape index (κ3) is 3.06. The summed E-state index contributed by atoms with van der Waals surface area (Å²) in [6, 6.07) is 3.43. The molecule has 1 aliphatic rings. The topological polar surface area (TPSA) is 86.3 Å². The van der Waals surface area contributed by atoms with E-state index < -0.39 is 4.92 Å². The maximum Gasteiger partial charge on any atom is 0.287 e. The molecule has 116 valence electrons. The van der Waals surface area contributed by atoms with Gasteiger partial charge in [0.05, 0.1) is 24.2 Å². The third-order valence-corrected chi connectivity index (χ3v) is 3.64. The molecule has 0 aliphatic carbocycles. The van der Waals surface area contributed by atoms with Gasteiger partial charge in [0, 0.05) is 31.5 Å². The molecule has 0 aromatic carbocycles. The zero-order valence-electron chi connectivity index (χ0n) is 12.3. The van der Waals surface area contributed by atoms with Gasteiger partial charge in [0.25, 0.3) is 5.69 Å². The van der Waals surface area contributed by atoms with Gasteiger partial charge in [-0.25, -0.2) is 4.98 Å². The number of aromatic nitrogens is 3. The van der Waals surface area contributed by atoms with Crippen molar-refractivity contribution in [1.82, 2.24) is 14.8 Å². The van der Waals surface area contributed by atoms with Gasteiger partial charge in [-0.05, 0) is 18.6 Å². The second-order valence-corrected chi connectivity index (χ2v) is 5.26. The monoisotopic (exact) mass is 303 g/mol. The van der Waals surface area contributed by atoms with E-state index in [9.17, 15) is 10.1 Å². The predicted molar refractivity (Wildman–Crippen MR) is 79.8 cm³/mol. The van der Waals surface area contributed by atoms with Crippen LogP contribution in [0.2, 0.25) is 0 Å². The number of rotatable bonds is 4. The van der Waals surface area contributed by atoms with Crippen molar-refractivity contribution in [2.24, 2.45) is 0 Å². The fraction of sp³-hybridized carbons (Fsp3) is 0.429. The summed E-state index contributed by atoms with van der Waals surface area (Å²) in [4.78, 5) is 16.7. The van der Waals surface area contributed by atoms with E-state index in [-0.39, 0.29) is 11.8 Å². The molecule has 0 amide bonds. The Labute approximate surface area is 127 Å². The fourth-order valence-electron chi connectivity index (χ4n) is 2.62. The average molecular weight is 303 g/mol. The van der Waals surface area contributed by atoms with Gasteiger partial charge in [0.15, 0.2) is 0 Å². The molecule has 0 N–H and O–H groups in total. The van der Waals surface area contributed by atoms with Crippen molar-refractivity contribution in [1.29, 1.82) is 0 Å². The second kappa shape index (κ2) is 6.10. The molecule has 1 atom stereocenters. The SMILES string of the molecule is Cc1cc([N+](=O)[O-])cnc1N1CCOC(Cn2cccn2)C1. The van der Waals surface area contributed by atoms with Crippen LogP contribution in [0.1, 0.15) is 5.56 Å². The summed E-state index contributed by atoms with van der Waals surface area (Å²) < 4.78 is 7.60. The van der Waals surface area contributed by atoms with Crippen molar-refractivity contribution in [3.05, 3.63) is 46.4 Å². The van der Waals surface area contributed by atoms with Gasteiger partial charge in [-0.3, -0.25) is 14.8 Å². The first kappa shape index (κ1) is 14.5. The Morgan fingerprint density at radius 3 is 3.09 bits per heavy atom. The van der Waals surface area contributed by atoms with Crippen molar-refractivity contribution >= 4 is 11.5 Å². The van der Waals surface area contributed by atoms with E-state index >= 15 is 0 Å². The van der Waals surface area contributed by atoms with Gasteiger partial charge in [-0.1, -0.05) is 0 Å². The number of nitro groups is 1. The van der Waals surface area contributed by atoms with Gasteiger partial charge in [0.1, 0.15) is 12.0 Å². The predicted octanol–water partition coefficient (Wildman–Crippen LogP) is 1.40. The Morgan fingerprint density at radius 2 is 2.41 bits per heavy atom. The zero-order chi connectivity index (χ0) is 15.5. The molecule has 3 rings (SSSR count). The van der Waals surface area contributed by atoms with Crippen molar-refractivity contribution in [3.63, 3.8) is 0 Å². The number of ether oxygens (including phenoxy) is 1. The Hall–Kier alpha value is -2.48. The Bertz CT molecular complexity index is 659. The summed E-state index contributed by atoms with van der Waals surface area (Å²) >= 11 is 0. The van der Waals surface area contributed by atoms with Crippen LogP contribution < -0.4 is 4.90 Å². The molecule has 0 radical (unpaired) electrons. The first-order valence-electron chi connectivity index (χ1n) is 7.08. The lowest BCUT2D eigenvalue weighted by Gasteiger charge is -2.34. The quantitative estimate of drug-likeness (QED) is 0.627. The number of aryl methyl sites for hydroxylation is 1. The van der Waals surface area contributed by atoms with Gasteiger partial charge in [-0.15, -0.1) is 0 Å². The van der Waals surface area contributed by atoms with E-state index in [0.29, 0.717) is 19.7 Å². The van der Waals surface area contributed by atoms with E-state index in [4.69, 9.17) is 4.74 Å². The van der Waals surface area contributed by atoms with Crippen molar-refractivity contribution in [2.45, 2.75) is 19.6 Å². The summed E-state index contributed by atoms with van der Waals surface area (Å²) in [5, 5.41) is 15.0. The van der Waals surface area contributed by atoms with E-state index in [1.165, 1.54) is 6.20 Å². The second-order valence-electron chi connectivity index (χ2n) is 5.26. The molecular formula is C14H17N5O3. The molecule has 0 saturated carbocycles. The molecule has 2 aromatic rings. The first-order valence-corrected chi connectivity index (χ1v) is 7.08. The van der Waals surface area contributed by atoms with Crippen molar-refractivity contribution in [3.8, 4) is 0 Å². The molecule has 1 saturated heterocycles. The Kier molecular flexibility index (Phi) is 4.01. The highest BCUT2D eigenvalue weighted by Gasteiger charge is 2.24. The maximum absolute atomic E-state index is 10.8. The molecule has 2 aromatic heterocycles. The number of hydrogen-bond donors (Lipinski definition) is 0. The normalized spacial score (nSPS) is 18.4. The molecule has 1 fully saturated rings. The van der Waals surface area contributed by atoms with Crippen LogP contribution >= 0.6 is 0 Å². The van der Waals surface area contributed by atoms with Gasteiger partial charge >= 0.3 is 0 Å². The van der Waals surface area contributed by atoms with E-state index in [1.54, 1.807) is 12.3 Å². The van der Waals surface area contributed by atoms with Gasteiger partial charge in [0.2, 0.25) is 0 Å². The van der Waals surface area contributed by atoms with E-state index in [0.717, 1.165) is 17.9 Å². The highest BCUT2D eigenvalue weighted by molar-refractivity contribution is 5.50. The lowest BCUT2D eigenvalue weighted by molar-refractivity contribution is -0.385. The average Bonchev–Trinajstić information content (AvgIpc) is 3.00. The van der Waals surface area contributed by atoms with Gasteiger partial charge in [-0.2, -0.15) is 5.10 Å².